The van der Waals surface area contributed by atoms with Crippen LogP contribution in [-0.4, -0.2) is 37.3 Å². The SMILES string of the molecule is COC=C(C(=O)OC)c1c(OC)nc(C)nc1Oc1cccc(C(F)(F)F)c1. The summed E-state index contributed by atoms with van der Waals surface area (Å²) in [5.74, 6) is -0.968. The molecule has 2 rings (SSSR count). The fraction of sp³-hybridized carbons (Fsp3) is 0.278. The van der Waals surface area contributed by atoms with Crippen LogP contribution in [0.3, 0.4) is 0 Å². The minimum atomic E-state index is -4.55. The van der Waals surface area contributed by atoms with Gasteiger partial charge in [-0.3, -0.25) is 0 Å². The molecule has 0 bridgehead atoms. The Labute approximate surface area is 158 Å². The highest BCUT2D eigenvalue weighted by molar-refractivity contribution is 6.17. The maximum Gasteiger partial charge on any atom is 0.416 e. The Kier molecular flexibility index (Phi) is 6.45. The number of rotatable bonds is 6. The molecule has 2 aromatic rings. The monoisotopic (exact) mass is 398 g/mol. The highest BCUT2D eigenvalue weighted by Crippen LogP contribution is 2.37. The summed E-state index contributed by atoms with van der Waals surface area (Å²) >= 11 is 0. The van der Waals surface area contributed by atoms with Gasteiger partial charge in [-0.25, -0.2) is 4.79 Å². The van der Waals surface area contributed by atoms with Gasteiger partial charge >= 0.3 is 12.1 Å². The molecule has 1 heterocycles. The van der Waals surface area contributed by atoms with Crippen molar-refractivity contribution in [2.24, 2.45) is 0 Å². The first-order valence-corrected chi connectivity index (χ1v) is 7.80. The van der Waals surface area contributed by atoms with Crippen molar-refractivity contribution < 1.29 is 36.9 Å². The van der Waals surface area contributed by atoms with Crippen molar-refractivity contribution in [1.82, 2.24) is 9.97 Å². The van der Waals surface area contributed by atoms with Gasteiger partial charge in [-0.05, 0) is 25.1 Å². The van der Waals surface area contributed by atoms with E-state index in [9.17, 15) is 18.0 Å². The fourth-order valence-electron chi connectivity index (χ4n) is 2.26. The lowest BCUT2D eigenvalue weighted by Crippen LogP contribution is -2.10. The van der Waals surface area contributed by atoms with E-state index in [1.165, 1.54) is 33.3 Å². The Morgan fingerprint density at radius 2 is 1.79 bits per heavy atom. The Balaban J connectivity index is 2.63. The normalized spacial score (nSPS) is 11.8. The van der Waals surface area contributed by atoms with Crippen molar-refractivity contribution >= 4 is 11.5 Å². The molecule has 0 fully saturated rings. The average Bonchev–Trinajstić information content (AvgIpc) is 2.65. The predicted molar refractivity (Wildman–Crippen MR) is 91.8 cm³/mol. The standard InChI is InChI=1S/C18H17F3N2O5/c1-10-22-15(26-3)14(13(9-25-2)17(24)27-4)16(23-10)28-12-7-5-6-11(8-12)18(19,20)21/h5-9H,1-4H3. The van der Waals surface area contributed by atoms with Gasteiger partial charge in [0.05, 0.1) is 33.2 Å². The lowest BCUT2D eigenvalue weighted by molar-refractivity contribution is -0.137. The van der Waals surface area contributed by atoms with E-state index < -0.39 is 17.7 Å². The maximum absolute atomic E-state index is 13.0. The molecule has 0 radical (unpaired) electrons. The van der Waals surface area contributed by atoms with Crippen LogP contribution in [0.1, 0.15) is 17.0 Å². The Hall–Kier alpha value is -3.30. The van der Waals surface area contributed by atoms with Crippen LogP contribution in [0.4, 0.5) is 13.2 Å². The largest absolute Gasteiger partial charge is 0.503 e. The number of benzene rings is 1. The summed E-state index contributed by atoms with van der Waals surface area (Å²) in [4.78, 5) is 20.3. The molecule has 0 aliphatic carbocycles. The molecule has 0 atom stereocenters. The van der Waals surface area contributed by atoms with E-state index in [0.717, 1.165) is 25.5 Å². The van der Waals surface area contributed by atoms with Crippen LogP contribution in [0.2, 0.25) is 0 Å². The van der Waals surface area contributed by atoms with Crippen molar-refractivity contribution in [3.63, 3.8) is 0 Å². The average molecular weight is 398 g/mol. The van der Waals surface area contributed by atoms with Crippen molar-refractivity contribution in [3.05, 3.63) is 47.5 Å². The number of alkyl halides is 3. The van der Waals surface area contributed by atoms with Gasteiger partial charge < -0.3 is 18.9 Å². The van der Waals surface area contributed by atoms with Crippen LogP contribution in [0.15, 0.2) is 30.5 Å². The van der Waals surface area contributed by atoms with Gasteiger partial charge in [0.25, 0.3) is 0 Å². The van der Waals surface area contributed by atoms with Crippen molar-refractivity contribution in [1.29, 1.82) is 0 Å². The highest BCUT2D eigenvalue weighted by Gasteiger charge is 2.31. The van der Waals surface area contributed by atoms with Gasteiger partial charge in [0.2, 0.25) is 11.8 Å². The number of halogens is 3. The Morgan fingerprint density at radius 3 is 2.36 bits per heavy atom. The Morgan fingerprint density at radius 1 is 1.11 bits per heavy atom. The first-order chi connectivity index (χ1) is 13.2. The summed E-state index contributed by atoms with van der Waals surface area (Å²) < 4.78 is 59.2. The van der Waals surface area contributed by atoms with E-state index >= 15 is 0 Å². The molecule has 0 amide bonds. The van der Waals surface area contributed by atoms with Crippen molar-refractivity contribution in [2.45, 2.75) is 13.1 Å². The topological polar surface area (TPSA) is 79.8 Å². The van der Waals surface area contributed by atoms with Gasteiger partial charge in [0.1, 0.15) is 22.7 Å². The second-order valence-electron chi connectivity index (χ2n) is 5.35. The van der Waals surface area contributed by atoms with Crippen LogP contribution in [0.5, 0.6) is 17.5 Å². The molecular weight excluding hydrogens is 381 g/mol. The first kappa shape index (κ1) is 21.0. The lowest BCUT2D eigenvalue weighted by atomic mass is 10.1. The molecule has 0 saturated carbocycles. The number of carbonyl (C=O) groups excluding carboxylic acids is 1. The minimum absolute atomic E-state index is 0.0285. The van der Waals surface area contributed by atoms with E-state index in [1.807, 2.05) is 0 Å². The Bertz CT molecular complexity index is 897. The van der Waals surface area contributed by atoms with Crippen LogP contribution >= 0.6 is 0 Å². The molecule has 10 heteroatoms. The van der Waals surface area contributed by atoms with Crippen molar-refractivity contribution in [2.75, 3.05) is 21.3 Å². The molecule has 28 heavy (non-hydrogen) atoms. The summed E-state index contributed by atoms with van der Waals surface area (Å²) in [7, 11) is 3.76. The number of hydrogen-bond donors (Lipinski definition) is 0. The zero-order chi connectivity index (χ0) is 20.9. The number of hydrogen-bond acceptors (Lipinski definition) is 7. The van der Waals surface area contributed by atoms with E-state index in [1.54, 1.807) is 0 Å². The summed E-state index contributed by atoms with van der Waals surface area (Å²) in [6.07, 6.45) is -3.48. The number of ether oxygens (including phenoxy) is 4. The zero-order valence-corrected chi connectivity index (χ0v) is 15.5. The minimum Gasteiger partial charge on any atom is -0.503 e. The zero-order valence-electron chi connectivity index (χ0n) is 15.5. The maximum atomic E-state index is 13.0. The number of esters is 1. The van der Waals surface area contributed by atoms with Crippen LogP contribution in [0.25, 0.3) is 5.57 Å². The fourth-order valence-corrected chi connectivity index (χ4v) is 2.26. The molecule has 1 aromatic carbocycles. The number of nitrogens with zero attached hydrogens (tertiary/aromatic N) is 2. The van der Waals surface area contributed by atoms with E-state index in [4.69, 9.17) is 18.9 Å². The first-order valence-electron chi connectivity index (χ1n) is 7.80. The van der Waals surface area contributed by atoms with Crippen molar-refractivity contribution in [3.8, 4) is 17.5 Å². The van der Waals surface area contributed by atoms with Crippen LogP contribution in [-0.2, 0) is 20.4 Å². The number of aryl methyl sites for hydroxylation is 1. The van der Waals surface area contributed by atoms with E-state index in [2.05, 4.69) is 9.97 Å². The lowest BCUT2D eigenvalue weighted by Gasteiger charge is -2.15. The van der Waals surface area contributed by atoms with E-state index in [0.29, 0.717) is 0 Å². The summed E-state index contributed by atoms with van der Waals surface area (Å²) in [6, 6.07) is 4.23. The molecule has 7 nitrogen and oxygen atoms in total. The molecule has 0 spiro atoms. The van der Waals surface area contributed by atoms with Gasteiger partial charge in [-0.2, -0.15) is 23.1 Å². The summed E-state index contributed by atoms with van der Waals surface area (Å²) in [6.45, 7) is 1.53. The van der Waals surface area contributed by atoms with Gasteiger partial charge in [0.15, 0.2) is 0 Å². The number of aromatic nitrogens is 2. The third-order valence-electron chi connectivity index (χ3n) is 3.43. The predicted octanol–water partition coefficient (Wildman–Crippen LogP) is 3.77. The molecule has 0 aliphatic rings. The van der Waals surface area contributed by atoms with Gasteiger partial charge in [-0.15, -0.1) is 0 Å². The highest BCUT2D eigenvalue weighted by atomic mass is 19.4. The summed E-state index contributed by atoms with van der Waals surface area (Å²) in [5.41, 5.74) is -1.06. The van der Waals surface area contributed by atoms with Gasteiger partial charge in [0, 0.05) is 0 Å². The molecule has 0 saturated heterocycles. The number of methoxy groups -OCH3 is 3. The third kappa shape index (κ3) is 4.70. The quantitative estimate of drug-likeness (QED) is 0.416. The molecule has 1 aromatic heterocycles. The second kappa shape index (κ2) is 8.59. The molecule has 150 valence electrons. The van der Waals surface area contributed by atoms with Crippen LogP contribution < -0.4 is 9.47 Å². The molecule has 0 aliphatic heterocycles. The molecule has 0 unspecified atom stereocenters. The molecule has 0 N–H and O–H groups in total. The second-order valence-corrected chi connectivity index (χ2v) is 5.35. The van der Waals surface area contributed by atoms with Gasteiger partial charge in [-0.1, -0.05) is 6.07 Å². The summed E-state index contributed by atoms with van der Waals surface area (Å²) in [5, 5.41) is 0. The van der Waals surface area contributed by atoms with E-state index in [-0.39, 0.29) is 34.5 Å². The van der Waals surface area contributed by atoms with Crippen LogP contribution in [0, 0.1) is 6.92 Å². The smallest absolute Gasteiger partial charge is 0.416 e. The third-order valence-corrected chi connectivity index (χ3v) is 3.43. The molecular formula is C18H17F3N2O5. The number of carbonyl (C=O) groups is 1.